The van der Waals surface area contributed by atoms with E-state index >= 15 is 0 Å². The van der Waals surface area contributed by atoms with Crippen LogP contribution in [0.5, 0.6) is 0 Å². The van der Waals surface area contributed by atoms with Crippen LogP contribution in [-0.2, 0) is 9.47 Å². The zero-order valence-electron chi connectivity index (χ0n) is 39.5. The van der Waals surface area contributed by atoms with Crippen LogP contribution in [0.3, 0.4) is 0 Å². The van der Waals surface area contributed by atoms with Crippen LogP contribution >= 0.6 is 0 Å². The lowest BCUT2D eigenvalue weighted by Gasteiger charge is -2.33. The Labute approximate surface area is 355 Å². The van der Waals surface area contributed by atoms with Crippen LogP contribution in [0.2, 0.25) is 0 Å². The topological polar surface area (TPSA) is 18.5 Å². The Bertz CT molecular complexity index is 712. The molecule has 0 rings (SSSR count). The summed E-state index contributed by atoms with van der Waals surface area (Å²) in [5, 5.41) is 0. The van der Waals surface area contributed by atoms with Crippen LogP contribution < -0.4 is 0 Å². The Hall–Kier alpha value is -0.920. The Balaban J connectivity index is 3.98. The summed E-state index contributed by atoms with van der Waals surface area (Å²) in [4.78, 5) is 0. The first kappa shape index (κ1) is 55.1. The van der Waals surface area contributed by atoms with Crippen molar-refractivity contribution in [2.24, 2.45) is 0 Å². The SMILES string of the molecule is C=COC(CC)(CCCCCCCCCCCCCCCCCC)CCCCCCCCC(CC)(CCCCCCCCCCCCCCCCCC)OC=C. The summed E-state index contributed by atoms with van der Waals surface area (Å²) in [6.45, 7) is 17.2. The van der Waals surface area contributed by atoms with Crippen molar-refractivity contribution in [1.29, 1.82) is 0 Å². The minimum Gasteiger partial charge on any atom is -0.496 e. The first-order valence-electron chi connectivity index (χ1n) is 26.1. The first-order chi connectivity index (χ1) is 27.6. The van der Waals surface area contributed by atoms with Gasteiger partial charge in [-0.3, -0.25) is 0 Å². The molecule has 0 aliphatic carbocycles. The normalized spacial score (nSPS) is 13.7. The lowest BCUT2D eigenvalue weighted by molar-refractivity contribution is -0.00275. The van der Waals surface area contributed by atoms with E-state index in [2.05, 4.69) is 40.9 Å². The van der Waals surface area contributed by atoms with E-state index in [4.69, 9.17) is 9.47 Å². The molecule has 0 aromatic rings. The maximum absolute atomic E-state index is 6.26. The zero-order valence-corrected chi connectivity index (χ0v) is 39.5. The van der Waals surface area contributed by atoms with E-state index in [0.717, 1.165) is 12.8 Å². The highest BCUT2D eigenvalue weighted by atomic mass is 16.5. The highest BCUT2D eigenvalue weighted by molar-refractivity contribution is 4.83. The van der Waals surface area contributed by atoms with Gasteiger partial charge in [0.05, 0.1) is 12.5 Å². The van der Waals surface area contributed by atoms with Crippen molar-refractivity contribution in [3.05, 3.63) is 25.7 Å². The van der Waals surface area contributed by atoms with Crippen LogP contribution in [-0.4, -0.2) is 11.2 Å². The van der Waals surface area contributed by atoms with Gasteiger partial charge >= 0.3 is 0 Å². The molecule has 0 fully saturated rings. The lowest BCUT2D eigenvalue weighted by atomic mass is 9.86. The van der Waals surface area contributed by atoms with E-state index in [1.54, 1.807) is 12.5 Å². The molecule has 334 valence electrons. The molecule has 2 unspecified atom stereocenters. The van der Waals surface area contributed by atoms with Crippen LogP contribution in [0.25, 0.3) is 0 Å². The summed E-state index contributed by atoms with van der Waals surface area (Å²) in [5.74, 6) is 0. The van der Waals surface area contributed by atoms with E-state index < -0.39 is 0 Å². The van der Waals surface area contributed by atoms with E-state index in [1.807, 2.05) is 0 Å². The van der Waals surface area contributed by atoms with E-state index in [0.29, 0.717) is 0 Å². The highest BCUT2D eigenvalue weighted by Crippen LogP contribution is 2.33. The molecule has 0 spiro atoms. The van der Waals surface area contributed by atoms with Gasteiger partial charge in [-0.2, -0.15) is 0 Å². The molecule has 0 aliphatic rings. The predicted molar refractivity (Wildman–Crippen MR) is 254 cm³/mol. The quantitative estimate of drug-likeness (QED) is 0.0452. The van der Waals surface area contributed by atoms with E-state index in [9.17, 15) is 0 Å². The molecule has 56 heavy (non-hydrogen) atoms. The van der Waals surface area contributed by atoms with Gasteiger partial charge in [-0.25, -0.2) is 0 Å². The second kappa shape index (κ2) is 43.7. The molecule has 0 bridgehead atoms. The van der Waals surface area contributed by atoms with Gasteiger partial charge in [0.25, 0.3) is 0 Å². The standard InChI is InChI=1S/C54H106O2/c1-7-13-15-17-19-21-23-25-27-29-31-33-35-37-41-45-49-53(9-3,55-11-5)51-47-43-39-40-44-48-52-54(10-4,56-12-6)50-46-42-38-36-34-32-30-28-26-24-22-20-18-16-14-8-2/h11-12H,5-10,13-52H2,1-4H3. The van der Waals surface area contributed by atoms with Crippen LogP contribution in [0, 0.1) is 0 Å². The fraction of sp³-hybridized carbons (Fsp3) is 0.926. The van der Waals surface area contributed by atoms with E-state index in [1.165, 1.54) is 270 Å². The van der Waals surface area contributed by atoms with Crippen LogP contribution in [0.4, 0.5) is 0 Å². The fourth-order valence-corrected chi connectivity index (χ4v) is 9.31. The molecule has 0 aromatic heterocycles. The molecule has 0 saturated carbocycles. The van der Waals surface area contributed by atoms with Crippen molar-refractivity contribution in [3.8, 4) is 0 Å². The van der Waals surface area contributed by atoms with Gasteiger partial charge in [0, 0.05) is 0 Å². The van der Waals surface area contributed by atoms with Gasteiger partial charge < -0.3 is 9.47 Å². The van der Waals surface area contributed by atoms with E-state index in [-0.39, 0.29) is 11.2 Å². The molecule has 0 saturated heterocycles. The van der Waals surface area contributed by atoms with Gasteiger partial charge in [0.15, 0.2) is 0 Å². The molecule has 2 nitrogen and oxygen atoms in total. The molecular weight excluding hydrogens is 681 g/mol. The summed E-state index contributed by atoms with van der Waals surface area (Å²) < 4.78 is 12.5. The van der Waals surface area contributed by atoms with Gasteiger partial charge in [0.2, 0.25) is 0 Å². The Morgan fingerprint density at radius 2 is 0.429 bits per heavy atom. The smallest absolute Gasteiger partial charge is 0.108 e. The fourth-order valence-electron chi connectivity index (χ4n) is 9.31. The second-order valence-electron chi connectivity index (χ2n) is 18.4. The van der Waals surface area contributed by atoms with Crippen molar-refractivity contribution >= 4 is 0 Å². The van der Waals surface area contributed by atoms with Gasteiger partial charge in [-0.15, -0.1) is 0 Å². The van der Waals surface area contributed by atoms with Gasteiger partial charge in [-0.1, -0.05) is 259 Å². The third kappa shape index (κ3) is 35.1. The summed E-state index contributed by atoms with van der Waals surface area (Å²) in [6.07, 6.45) is 63.8. The van der Waals surface area contributed by atoms with Crippen LogP contribution in [0.15, 0.2) is 25.7 Å². The van der Waals surface area contributed by atoms with Gasteiger partial charge in [-0.05, 0) is 64.2 Å². The van der Waals surface area contributed by atoms with Crippen LogP contribution in [0.1, 0.15) is 310 Å². The minimum absolute atomic E-state index is 0.00712. The molecular formula is C54H106O2. The van der Waals surface area contributed by atoms with Crippen molar-refractivity contribution in [2.75, 3.05) is 0 Å². The van der Waals surface area contributed by atoms with Crippen molar-refractivity contribution < 1.29 is 9.47 Å². The number of rotatable bonds is 49. The molecule has 0 aromatic carbocycles. The summed E-state index contributed by atoms with van der Waals surface area (Å²) in [7, 11) is 0. The number of unbranched alkanes of at least 4 members (excludes halogenated alkanes) is 35. The molecule has 0 radical (unpaired) electrons. The monoisotopic (exact) mass is 787 g/mol. The number of hydrogen-bond acceptors (Lipinski definition) is 2. The summed E-state index contributed by atoms with van der Waals surface area (Å²) in [6, 6.07) is 0. The molecule has 2 atom stereocenters. The summed E-state index contributed by atoms with van der Waals surface area (Å²) >= 11 is 0. The molecule has 0 amide bonds. The molecule has 0 N–H and O–H groups in total. The Morgan fingerprint density at radius 3 is 0.571 bits per heavy atom. The van der Waals surface area contributed by atoms with Crippen molar-refractivity contribution in [1.82, 2.24) is 0 Å². The largest absolute Gasteiger partial charge is 0.496 e. The van der Waals surface area contributed by atoms with Gasteiger partial charge in [0.1, 0.15) is 11.2 Å². The zero-order chi connectivity index (χ0) is 40.9. The second-order valence-corrected chi connectivity index (χ2v) is 18.4. The third-order valence-corrected chi connectivity index (χ3v) is 13.4. The van der Waals surface area contributed by atoms with Crippen molar-refractivity contribution in [3.63, 3.8) is 0 Å². The highest BCUT2D eigenvalue weighted by Gasteiger charge is 2.29. The average molecular weight is 787 g/mol. The molecule has 0 aliphatic heterocycles. The lowest BCUT2D eigenvalue weighted by Crippen LogP contribution is -2.30. The Kier molecular flexibility index (Phi) is 42.9. The minimum atomic E-state index is 0.00712. The molecule has 0 heterocycles. The third-order valence-electron chi connectivity index (χ3n) is 13.4. The Morgan fingerprint density at radius 1 is 0.268 bits per heavy atom. The maximum atomic E-state index is 6.26. The summed E-state index contributed by atoms with van der Waals surface area (Å²) in [5.41, 5.74) is 0.0142. The first-order valence-corrected chi connectivity index (χ1v) is 26.1. The average Bonchev–Trinajstić information content (AvgIpc) is 3.21. The molecule has 2 heteroatoms. The number of ether oxygens (including phenoxy) is 2. The predicted octanol–water partition coefficient (Wildman–Crippen LogP) is 20.0. The van der Waals surface area contributed by atoms with Crippen molar-refractivity contribution in [2.45, 2.75) is 321 Å². The number of hydrogen-bond donors (Lipinski definition) is 0. The maximum Gasteiger partial charge on any atom is 0.108 e.